The smallest absolute Gasteiger partial charge is 0.269 e. The average Bonchev–Trinajstić information content (AvgIpc) is 2.58. The van der Waals surface area contributed by atoms with Gasteiger partial charge in [-0.05, 0) is 42.3 Å². The first-order valence-corrected chi connectivity index (χ1v) is 8.71. The Morgan fingerprint density at radius 2 is 1.84 bits per heavy atom. The van der Waals surface area contributed by atoms with Gasteiger partial charge >= 0.3 is 0 Å². The lowest BCUT2D eigenvalue weighted by Crippen LogP contribution is -2.25. The maximum Gasteiger partial charge on any atom is 0.269 e. The Morgan fingerprint density at radius 3 is 2.40 bits per heavy atom. The van der Waals surface area contributed by atoms with E-state index in [9.17, 15) is 14.9 Å². The molecular weight excluding hydrogens is 456 g/mol. The molecule has 0 aliphatic carbocycles. The summed E-state index contributed by atoms with van der Waals surface area (Å²) in [6.07, 6.45) is 1.42. The van der Waals surface area contributed by atoms with Crippen molar-refractivity contribution in [3.05, 3.63) is 66.6 Å². The highest BCUT2D eigenvalue weighted by atomic mass is 79.9. The van der Waals surface area contributed by atoms with Crippen LogP contribution in [-0.4, -0.2) is 23.6 Å². The Balaban J connectivity index is 1.85. The van der Waals surface area contributed by atoms with Crippen LogP contribution in [0.2, 0.25) is 0 Å². The number of amides is 1. The van der Waals surface area contributed by atoms with Gasteiger partial charge in [-0.1, -0.05) is 31.9 Å². The minimum absolute atomic E-state index is 0.000745. The molecule has 2 aromatic carbocycles. The molecule has 9 heteroatoms. The monoisotopic (exact) mass is 468 g/mol. The van der Waals surface area contributed by atoms with Crippen LogP contribution in [0.3, 0.4) is 0 Å². The Labute approximate surface area is 160 Å². The van der Waals surface area contributed by atoms with Gasteiger partial charge in [-0.25, -0.2) is 5.43 Å². The second kappa shape index (κ2) is 8.72. The second-order valence-corrected chi connectivity index (χ2v) is 6.77. The number of halogens is 2. The fourth-order valence-electron chi connectivity index (χ4n) is 1.83. The lowest BCUT2D eigenvalue weighted by molar-refractivity contribution is -0.384. The number of non-ortho nitro benzene ring substituents is 1. The van der Waals surface area contributed by atoms with E-state index in [2.05, 4.69) is 47.7 Å². The quantitative estimate of drug-likeness (QED) is 0.379. The number of benzene rings is 2. The molecule has 0 aromatic heterocycles. The molecule has 0 spiro atoms. The normalized spacial score (nSPS) is 10.7. The largest absolute Gasteiger partial charge is 0.376 e. The van der Waals surface area contributed by atoms with E-state index in [4.69, 9.17) is 0 Å². The molecule has 0 radical (unpaired) electrons. The van der Waals surface area contributed by atoms with E-state index in [1.54, 1.807) is 12.1 Å². The predicted molar refractivity (Wildman–Crippen MR) is 104 cm³/mol. The molecule has 0 bridgehead atoms. The lowest BCUT2D eigenvalue weighted by Gasteiger charge is -2.09. The fourth-order valence-corrected chi connectivity index (χ4v) is 3.02. The van der Waals surface area contributed by atoms with Crippen molar-refractivity contribution < 1.29 is 9.72 Å². The SMILES string of the molecule is Cc1c(Br)cc(NCC(=O)N/N=C\c2ccc([N+](=O)[O-])cc2)cc1Br. The van der Waals surface area contributed by atoms with Crippen LogP contribution in [0.1, 0.15) is 11.1 Å². The molecule has 0 saturated carbocycles. The van der Waals surface area contributed by atoms with Crippen molar-refractivity contribution in [2.24, 2.45) is 5.10 Å². The van der Waals surface area contributed by atoms with E-state index < -0.39 is 4.92 Å². The van der Waals surface area contributed by atoms with Gasteiger partial charge < -0.3 is 5.32 Å². The van der Waals surface area contributed by atoms with Crippen LogP contribution in [0.5, 0.6) is 0 Å². The molecule has 0 aliphatic rings. The number of hydrogen-bond acceptors (Lipinski definition) is 5. The summed E-state index contributed by atoms with van der Waals surface area (Å²) in [7, 11) is 0. The van der Waals surface area contributed by atoms with Crippen molar-refractivity contribution in [3.8, 4) is 0 Å². The first-order chi connectivity index (χ1) is 11.9. The Bertz CT molecular complexity index is 800. The number of hydrazone groups is 1. The zero-order valence-electron chi connectivity index (χ0n) is 13.1. The molecule has 2 N–H and O–H groups in total. The molecular formula is C16H14Br2N4O3. The van der Waals surface area contributed by atoms with Crippen molar-refractivity contribution in [2.45, 2.75) is 6.92 Å². The van der Waals surface area contributed by atoms with E-state index in [1.807, 2.05) is 19.1 Å². The summed E-state index contributed by atoms with van der Waals surface area (Å²) >= 11 is 6.90. The van der Waals surface area contributed by atoms with Gasteiger partial charge in [0.05, 0.1) is 17.7 Å². The third-order valence-corrected chi connectivity index (χ3v) is 4.89. The highest BCUT2D eigenvalue weighted by Crippen LogP contribution is 2.28. The van der Waals surface area contributed by atoms with Crippen molar-refractivity contribution in [2.75, 3.05) is 11.9 Å². The van der Waals surface area contributed by atoms with E-state index in [1.165, 1.54) is 18.3 Å². The third kappa shape index (κ3) is 5.64. The number of anilines is 1. The minimum atomic E-state index is -0.476. The number of nitrogens with zero attached hydrogens (tertiary/aromatic N) is 2. The maximum atomic E-state index is 11.8. The summed E-state index contributed by atoms with van der Waals surface area (Å²) in [5.41, 5.74) is 4.90. The zero-order valence-corrected chi connectivity index (χ0v) is 16.3. The molecule has 2 rings (SSSR count). The third-order valence-electron chi connectivity index (χ3n) is 3.24. The molecule has 7 nitrogen and oxygen atoms in total. The molecule has 0 atom stereocenters. The van der Waals surface area contributed by atoms with Crippen LogP contribution in [0.15, 0.2) is 50.4 Å². The van der Waals surface area contributed by atoms with Gasteiger partial charge in [0.15, 0.2) is 0 Å². The number of carbonyl (C=O) groups excluding carboxylic acids is 1. The average molecular weight is 470 g/mol. The first kappa shape index (κ1) is 19.1. The number of nitro benzene ring substituents is 1. The van der Waals surface area contributed by atoms with E-state index in [0.717, 1.165) is 20.2 Å². The number of nitrogens with one attached hydrogen (secondary N) is 2. The highest BCUT2D eigenvalue weighted by molar-refractivity contribution is 9.11. The number of hydrogen-bond donors (Lipinski definition) is 2. The van der Waals surface area contributed by atoms with Gasteiger partial charge in [0, 0.05) is 26.8 Å². The van der Waals surface area contributed by atoms with Gasteiger partial charge in [0.25, 0.3) is 11.6 Å². The standard InChI is InChI=1S/C16H14Br2N4O3/c1-10-14(17)6-12(7-15(10)18)19-9-16(23)21-20-8-11-2-4-13(5-3-11)22(24)25/h2-8,19H,9H2,1H3,(H,21,23)/b20-8-. The van der Waals surface area contributed by atoms with Crippen LogP contribution in [0.4, 0.5) is 11.4 Å². The van der Waals surface area contributed by atoms with Gasteiger partial charge in [0.1, 0.15) is 0 Å². The van der Waals surface area contributed by atoms with Crippen molar-refractivity contribution in [3.63, 3.8) is 0 Å². The molecule has 130 valence electrons. The number of rotatable bonds is 6. The molecule has 1 amide bonds. The molecule has 0 saturated heterocycles. The molecule has 0 heterocycles. The van der Waals surface area contributed by atoms with E-state index in [0.29, 0.717) is 5.56 Å². The summed E-state index contributed by atoms with van der Waals surface area (Å²) in [6, 6.07) is 9.61. The summed E-state index contributed by atoms with van der Waals surface area (Å²) in [5, 5.41) is 17.4. The predicted octanol–water partition coefficient (Wildman–Crippen LogP) is 3.99. The van der Waals surface area contributed by atoms with Crippen molar-refractivity contribution in [1.29, 1.82) is 0 Å². The first-order valence-electron chi connectivity index (χ1n) is 7.12. The van der Waals surface area contributed by atoms with Crippen molar-refractivity contribution in [1.82, 2.24) is 5.43 Å². The fraction of sp³-hybridized carbons (Fsp3) is 0.125. The van der Waals surface area contributed by atoms with Crippen molar-refractivity contribution >= 4 is 55.4 Å². The maximum absolute atomic E-state index is 11.8. The van der Waals surface area contributed by atoms with Gasteiger partial charge in [-0.3, -0.25) is 14.9 Å². The van der Waals surface area contributed by atoms with E-state index in [-0.39, 0.29) is 18.1 Å². The molecule has 0 fully saturated rings. The Morgan fingerprint density at radius 1 is 1.24 bits per heavy atom. The minimum Gasteiger partial charge on any atom is -0.376 e. The molecule has 0 unspecified atom stereocenters. The van der Waals surface area contributed by atoms with Crippen LogP contribution < -0.4 is 10.7 Å². The summed E-state index contributed by atoms with van der Waals surface area (Å²) in [4.78, 5) is 21.9. The number of nitro groups is 1. The van der Waals surface area contributed by atoms with Crippen LogP contribution in [-0.2, 0) is 4.79 Å². The summed E-state index contributed by atoms with van der Waals surface area (Å²) < 4.78 is 1.86. The second-order valence-electron chi connectivity index (χ2n) is 5.06. The topological polar surface area (TPSA) is 96.6 Å². The van der Waals surface area contributed by atoms with Crippen LogP contribution >= 0.6 is 31.9 Å². The highest BCUT2D eigenvalue weighted by Gasteiger charge is 2.05. The van der Waals surface area contributed by atoms with Gasteiger partial charge in [-0.2, -0.15) is 5.10 Å². The van der Waals surface area contributed by atoms with E-state index >= 15 is 0 Å². The van der Waals surface area contributed by atoms with Gasteiger partial charge in [-0.15, -0.1) is 0 Å². The summed E-state index contributed by atoms with van der Waals surface area (Å²) in [5.74, 6) is -0.314. The lowest BCUT2D eigenvalue weighted by atomic mass is 10.2. The Kier molecular flexibility index (Phi) is 6.65. The van der Waals surface area contributed by atoms with Crippen LogP contribution in [0.25, 0.3) is 0 Å². The van der Waals surface area contributed by atoms with Crippen LogP contribution in [0, 0.1) is 17.0 Å². The molecule has 0 aliphatic heterocycles. The molecule has 25 heavy (non-hydrogen) atoms. The summed E-state index contributed by atoms with van der Waals surface area (Å²) in [6.45, 7) is 2.02. The van der Waals surface area contributed by atoms with Gasteiger partial charge in [0.2, 0.25) is 0 Å². The Hall–Kier alpha value is -2.26. The number of carbonyl (C=O) groups is 1. The zero-order chi connectivity index (χ0) is 18.4. The molecule has 2 aromatic rings.